The van der Waals surface area contributed by atoms with Gasteiger partial charge in [0.1, 0.15) is 5.75 Å². The van der Waals surface area contributed by atoms with Gasteiger partial charge in [0, 0.05) is 12.5 Å². The fourth-order valence-corrected chi connectivity index (χ4v) is 5.36. The number of piperidine rings is 1. The number of fused-ring (bicyclic) bond motifs is 1. The Kier molecular flexibility index (Phi) is 7.01. The van der Waals surface area contributed by atoms with Crippen LogP contribution in [-0.2, 0) is 11.3 Å². The van der Waals surface area contributed by atoms with E-state index in [1.54, 1.807) is 0 Å². The SMILES string of the molecule is O=C(O)C1CCN(Cc2ccc3cc(OC4CCC(C(F)(F)I)CC4)ccc3c2)CC1. The quantitative estimate of drug-likeness (QED) is 0.354. The molecule has 0 atom stereocenters. The molecule has 1 heterocycles. The molecule has 1 aliphatic heterocycles. The molecule has 0 amide bonds. The number of benzene rings is 2. The summed E-state index contributed by atoms with van der Waals surface area (Å²) in [6, 6.07) is 12.4. The molecule has 4 rings (SSSR count). The van der Waals surface area contributed by atoms with Crippen LogP contribution in [0.2, 0.25) is 0 Å². The van der Waals surface area contributed by atoms with E-state index < -0.39 is 15.8 Å². The first kappa shape index (κ1) is 22.7. The maximum Gasteiger partial charge on any atom is 0.306 e. The zero-order valence-electron chi connectivity index (χ0n) is 17.4. The largest absolute Gasteiger partial charge is 0.490 e. The van der Waals surface area contributed by atoms with E-state index in [9.17, 15) is 13.6 Å². The highest BCUT2D eigenvalue weighted by atomic mass is 127. The van der Waals surface area contributed by atoms with Crippen LogP contribution in [0.25, 0.3) is 10.8 Å². The molecule has 0 aromatic heterocycles. The molecule has 2 aromatic rings. The molecule has 31 heavy (non-hydrogen) atoms. The van der Waals surface area contributed by atoms with Crippen molar-refractivity contribution in [3.05, 3.63) is 42.0 Å². The van der Waals surface area contributed by atoms with Gasteiger partial charge in [-0.1, -0.05) is 18.2 Å². The molecule has 1 saturated carbocycles. The molecule has 1 saturated heterocycles. The van der Waals surface area contributed by atoms with Gasteiger partial charge in [0.05, 0.1) is 12.0 Å². The van der Waals surface area contributed by atoms with E-state index in [0.717, 1.165) is 36.2 Å². The van der Waals surface area contributed by atoms with E-state index in [2.05, 4.69) is 29.2 Å². The first-order chi connectivity index (χ1) is 14.8. The Morgan fingerprint density at radius 2 is 1.68 bits per heavy atom. The summed E-state index contributed by atoms with van der Waals surface area (Å²) >= 11 is 1.26. The predicted octanol–water partition coefficient (Wildman–Crippen LogP) is 6.10. The molecule has 0 unspecified atom stereocenters. The van der Waals surface area contributed by atoms with Gasteiger partial charge in [-0.25, -0.2) is 0 Å². The summed E-state index contributed by atoms with van der Waals surface area (Å²) in [5, 5.41) is 11.4. The van der Waals surface area contributed by atoms with E-state index in [4.69, 9.17) is 9.84 Å². The van der Waals surface area contributed by atoms with Gasteiger partial charge in [0.15, 0.2) is 0 Å². The number of carboxylic acid groups (broad SMARTS) is 1. The minimum Gasteiger partial charge on any atom is -0.490 e. The summed E-state index contributed by atoms with van der Waals surface area (Å²) in [6.45, 7) is 2.45. The number of likely N-dealkylation sites (tertiary alicyclic amines) is 1. The molecule has 0 spiro atoms. The average molecular weight is 543 g/mol. The lowest BCUT2D eigenvalue weighted by Gasteiger charge is -2.31. The number of alkyl halides is 3. The number of halogens is 3. The molecule has 2 fully saturated rings. The zero-order valence-corrected chi connectivity index (χ0v) is 19.6. The number of hydrogen-bond donors (Lipinski definition) is 1. The fourth-order valence-electron chi connectivity index (χ4n) is 4.74. The van der Waals surface area contributed by atoms with Crippen LogP contribution in [0.4, 0.5) is 8.78 Å². The number of ether oxygens (including phenoxy) is 1. The lowest BCUT2D eigenvalue weighted by Crippen LogP contribution is -2.35. The maximum atomic E-state index is 13.5. The smallest absolute Gasteiger partial charge is 0.306 e. The van der Waals surface area contributed by atoms with Crippen molar-refractivity contribution < 1.29 is 23.4 Å². The van der Waals surface area contributed by atoms with Crippen LogP contribution in [0.1, 0.15) is 44.1 Å². The van der Waals surface area contributed by atoms with Crippen molar-refractivity contribution in [1.29, 1.82) is 0 Å². The van der Waals surface area contributed by atoms with Crippen LogP contribution in [-0.4, -0.2) is 39.1 Å². The van der Waals surface area contributed by atoms with Crippen molar-refractivity contribution in [3.8, 4) is 5.75 Å². The van der Waals surface area contributed by atoms with Crippen molar-refractivity contribution >= 4 is 39.3 Å². The third-order valence-electron chi connectivity index (χ3n) is 6.66. The molecule has 0 bridgehead atoms. The molecular formula is C24H28F2INO3. The third kappa shape index (κ3) is 5.86. The monoisotopic (exact) mass is 543 g/mol. The Hall–Kier alpha value is -1.48. The average Bonchev–Trinajstić information content (AvgIpc) is 2.74. The van der Waals surface area contributed by atoms with Gasteiger partial charge in [-0.2, -0.15) is 8.78 Å². The number of carboxylic acids is 1. The van der Waals surface area contributed by atoms with Crippen molar-refractivity contribution in [1.82, 2.24) is 4.90 Å². The minimum atomic E-state index is -2.63. The van der Waals surface area contributed by atoms with E-state index in [1.165, 1.54) is 28.2 Å². The first-order valence-electron chi connectivity index (χ1n) is 11.0. The second-order valence-corrected chi connectivity index (χ2v) is 10.3. The topological polar surface area (TPSA) is 49.8 Å². The number of rotatable bonds is 6. The van der Waals surface area contributed by atoms with E-state index in [0.29, 0.717) is 38.5 Å². The maximum absolute atomic E-state index is 13.5. The first-order valence-corrected chi connectivity index (χ1v) is 12.1. The van der Waals surface area contributed by atoms with Crippen LogP contribution in [0.3, 0.4) is 0 Å². The summed E-state index contributed by atoms with van der Waals surface area (Å²) in [4.78, 5) is 13.4. The van der Waals surface area contributed by atoms with Gasteiger partial charge >= 0.3 is 5.97 Å². The summed E-state index contributed by atoms with van der Waals surface area (Å²) in [5.74, 6) is -0.641. The molecule has 2 aliphatic rings. The zero-order chi connectivity index (χ0) is 22.0. The van der Waals surface area contributed by atoms with Crippen molar-refractivity contribution in [3.63, 3.8) is 0 Å². The Balaban J connectivity index is 1.34. The van der Waals surface area contributed by atoms with Gasteiger partial charge < -0.3 is 9.84 Å². The van der Waals surface area contributed by atoms with Crippen LogP contribution in [0.5, 0.6) is 5.75 Å². The standard InChI is InChI=1S/C24H28F2INO3/c25-24(26,27)20-4-7-21(8-5-20)31-22-6-3-18-13-16(1-2-19(18)14-22)15-28-11-9-17(10-12-28)23(29)30/h1-3,6,13-14,17,20-21H,4-5,7-12,15H2,(H,29,30). The molecule has 2 aromatic carbocycles. The lowest BCUT2D eigenvalue weighted by molar-refractivity contribution is -0.143. The fraction of sp³-hybridized carbons (Fsp3) is 0.542. The summed E-state index contributed by atoms with van der Waals surface area (Å²) < 4.78 is 30.4. The van der Waals surface area contributed by atoms with Gasteiger partial charge in [-0.05, 0) is 109 Å². The number of nitrogens with zero attached hydrogens (tertiary/aromatic N) is 1. The summed E-state index contributed by atoms with van der Waals surface area (Å²) in [5.41, 5.74) is 1.22. The van der Waals surface area contributed by atoms with Gasteiger partial charge in [-0.3, -0.25) is 9.69 Å². The molecular weight excluding hydrogens is 515 g/mol. The van der Waals surface area contributed by atoms with E-state index >= 15 is 0 Å². The van der Waals surface area contributed by atoms with Crippen LogP contribution in [0.15, 0.2) is 36.4 Å². The number of hydrogen-bond acceptors (Lipinski definition) is 3. The molecule has 1 N–H and O–H groups in total. The van der Waals surface area contributed by atoms with Crippen LogP contribution >= 0.6 is 22.6 Å². The highest BCUT2D eigenvalue weighted by Crippen LogP contribution is 2.41. The number of carbonyl (C=O) groups is 1. The summed E-state index contributed by atoms with van der Waals surface area (Å²) in [6.07, 6.45) is 3.75. The Morgan fingerprint density at radius 1 is 1.03 bits per heavy atom. The van der Waals surface area contributed by atoms with Crippen molar-refractivity contribution in [2.45, 2.75) is 55.1 Å². The number of aliphatic carboxylic acids is 1. The Labute approximate surface area is 195 Å². The van der Waals surface area contributed by atoms with Crippen molar-refractivity contribution in [2.75, 3.05) is 13.1 Å². The Bertz CT molecular complexity index is 917. The predicted molar refractivity (Wildman–Crippen MR) is 125 cm³/mol. The Morgan fingerprint density at radius 3 is 2.32 bits per heavy atom. The highest BCUT2D eigenvalue weighted by Gasteiger charge is 2.39. The third-order valence-corrected chi connectivity index (χ3v) is 7.54. The molecule has 4 nitrogen and oxygen atoms in total. The van der Waals surface area contributed by atoms with E-state index in [1.807, 2.05) is 12.1 Å². The molecule has 1 aliphatic carbocycles. The minimum absolute atomic E-state index is 0.000420. The van der Waals surface area contributed by atoms with Crippen LogP contribution in [0, 0.1) is 11.8 Å². The second kappa shape index (κ2) is 9.57. The highest BCUT2D eigenvalue weighted by molar-refractivity contribution is 14.1. The summed E-state index contributed by atoms with van der Waals surface area (Å²) in [7, 11) is 0. The lowest BCUT2D eigenvalue weighted by atomic mass is 9.87. The van der Waals surface area contributed by atoms with Crippen molar-refractivity contribution in [2.24, 2.45) is 11.8 Å². The van der Waals surface area contributed by atoms with E-state index in [-0.39, 0.29) is 12.0 Å². The molecule has 0 radical (unpaired) electrons. The molecule has 168 valence electrons. The van der Waals surface area contributed by atoms with Gasteiger partial charge in [-0.15, -0.1) is 0 Å². The van der Waals surface area contributed by atoms with Gasteiger partial charge in [0.2, 0.25) is 0 Å². The van der Waals surface area contributed by atoms with Crippen LogP contribution < -0.4 is 4.74 Å². The normalized spacial score (nSPS) is 23.7. The molecule has 7 heteroatoms. The second-order valence-electron chi connectivity index (χ2n) is 8.87. The van der Waals surface area contributed by atoms with Gasteiger partial charge in [0.25, 0.3) is 3.93 Å².